The van der Waals surface area contributed by atoms with Crippen molar-refractivity contribution in [1.29, 1.82) is 0 Å². The molecule has 2 aliphatic rings. The molecule has 2 bridgehead atoms. The summed E-state index contributed by atoms with van der Waals surface area (Å²) in [6.45, 7) is 14.9. The lowest BCUT2D eigenvalue weighted by Crippen LogP contribution is -2.55. The fourth-order valence-electron chi connectivity index (χ4n) is 4.57. The maximum absolute atomic E-state index is 12.8. The van der Waals surface area contributed by atoms with Crippen molar-refractivity contribution >= 4 is 5.91 Å². The number of likely N-dealkylation sites (tertiary alicyclic amines) is 1. The minimum absolute atomic E-state index is 0.278. The van der Waals surface area contributed by atoms with Gasteiger partial charge in [-0.25, -0.2) is 0 Å². The van der Waals surface area contributed by atoms with Crippen molar-refractivity contribution in [2.24, 2.45) is 10.8 Å². The lowest BCUT2D eigenvalue weighted by atomic mass is 9.65. The van der Waals surface area contributed by atoms with E-state index in [1.165, 1.54) is 12.8 Å². The highest BCUT2D eigenvalue weighted by Gasteiger charge is 2.52. The SMILES string of the molecule is CCNC(C)(C)C(=O)N1CC2(C)CC1CC(C)(C)C2. The first-order chi connectivity index (χ1) is 8.59. The average Bonchev–Trinajstić information content (AvgIpc) is 2.46. The van der Waals surface area contributed by atoms with Crippen molar-refractivity contribution in [3.8, 4) is 0 Å². The van der Waals surface area contributed by atoms with Gasteiger partial charge in [0.2, 0.25) is 5.91 Å². The summed E-state index contributed by atoms with van der Waals surface area (Å²) in [5.41, 5.74) is 0.256. The van der Waals surface area contributed by atoms with E-state index in [2.05, 4.69) is 37.9 Å². The maximum atomic E-state index is 12.8. The number of carbonyl (C=O) groups is 1. The number of fused-ring (bicyclic) bond motifs is 2. The number of likely N-dealkylation sites (N-methyl/N-ethyl adjacent to an activating group) is 1. The highest BCUT2D eigenvalue weighted by Crippen LogP contribution is 2.52. The molecule has 0 aromatic rings. The zero-order valence-electron chi connectivity index (χ0n) is 13.5. The summed E-state index contributed by atoms with van der Waals surface area (Å²) in [6, 6.07) is 0.444. The van der Waals surface area contributed by atoms with E-state index in [1.54, 1.807) is 0 Å². The van der Waals surface area contributed by atoms with E-state index in [4.69, 9.17) is 0 Å². The fourth-order valence-corrected chi connectivity index (χ4v) is 4.57. The second kappa shape index (κ2) is 4.47. The molecular weight excluding hydrogens is 236 g/mol. The summed E-state index contributed by atoms with van der Waals surface area (Å²) >= 11 is 0. The predicted molar refractivity (Wildman–Crippen MR) is 79.0 cm³/mol. The minimum Gasteiger partial charge on any atom is -0.338 e. The Labute approximate surface area is 118 Å². The first-order valence-electron chi connectivity index (χ1n) is 7.65. The van der Waals surface area contributed by atoms with Crippen LogP contribution in [0.4, 0.5) is 0 Å². The van der Waals surface area contributed by atoms with Gasteiger partial charge in [0.25, 0.3) is 0 Å². The largest absolute Gasteiger partial charge is 0.338 e. The molecule has 1 heterocycles. The van der Waals surface area contributed by atoms with Crippen LogP contribution in [0, 0.1) is 10.8 Å². The number of nitrogens with zero attached hydrogens (tertiary/aromatic N) is 1. The molecule has 0 aromatic carbocycles. The summed E-state index contributed by atoms with van der Waals surface area (Å²) in [5, 5.41) is 3.32. The van der Waals surface area contributed by atoms with Crippen LogP contribution < -0.4 is 5.32 Å². The first kappa shape index (κ1) is 14.8. The summed E-state index contributed by atoms with van der Waals surface area (Å²) in [6.07, 6.45) is 3.57. The molecule has 0 aromatic heterocycles. The summed E-state index contributed by atoms with van der Waals surface area (Å²) < 4.78 is 0. The zero-order chi connectivity index (χ0) is 14.5. The number of amides is 1. The Bertz CT molecular complexity index is 375. The average molecular weight is 266 g/mol. The smallest absolute Gasteiger partial charge is 0.242 e. The van der Waals surface area contributed by atoms with E-state index in [-0.39, 0.29) is 5.91 Å². The van der Waals surface area contributed by atoms with E-state index in [0.717, 1.165) is 19.5 Å². The van der Waals surface area contributed by atoms with Crippen LogP contribution in [0.3, 0.4) is 0 Å². The Morgan fingerprint density at radius 1 is 1.32 bits per heavy atom. The molecule has 1 saturated heterocycles. The van der Waals surface area contributed by atoms with Crippen LogP contribution >= 0.6 is 0 Å². The molecule has 1 N–H and O–H groups in total. The third kappa shape index (κ3) is 2.81. The second-order valence-electron chi connectivity index (χ2n) is 8.30. The van der Waals surface area contributed by atoms with Crippen LogP contribution in [0.15, 0.2) is 0 Å². The van der Waals surface area contributed by atoms with E-state index < -0.39 is 5.54 Å². The number of rotatable bonds is 3. The molecule has 1 amide bonds. The normalized spacial score (nSPS) is 33.6. The lowest BCUT2D eigenvalue weighted by Gasteiger charge is -2.40. The van der Waals surface area contributed by atoms with Gasteiger partial charge in [-0.05, 0) is 50.5 Å². The number of hydrogen-bond acceptors (Lipinski definition) is 2. The Morgan fingerprint density at radius 3 is 2.53 bits per heavy atom. The minimum atomic E-state index is -0.438. The third-order valence-electron chi connectivity index (χ3n) is 4.83. The van der Waals surface area contributed by atoms with Crippen molar-refractivity contribution < 1.29 is 4.79 Å². The lowest BCUT2D eigenvalue weighted by molar-refractivity contribution is -0.138. The summed E-state index contributed by atoms with van der Waals surface area (Å²) in [7, 11) is 0. The predicted octanol–water partition coefficient (Wildman–Crippen LogP) is 2.80. The van der Waals surface area contributed by atoms with E-state index in [1.807, 2.05) is 13.8 Å². The molecule has 1 aliphatic heterocycles. The molecule has 19 heavy (non-hydrogen) atoms. The van der Waals surface area contributed by atoms with Crippen LogP contribution in [-0.2, 0) is 4.79 Å². The molecular formula is C16H30N2O. The molecule has 3 heteroatoms. The molecule has 3 nitrogen and oxygen atoms in total. The Kier molecular flexibility index (Phi) is 3.49. The Hall–Kier alpha value is -0.570. The van der Waals surface area contributed by atoms with Gasteiger partial charge < -0.3 is 10.2 Å². The Morgan fingerprint density at radius 2 is 1.95 bits per heavy atom. The topological polar surface area (TPSA) is 32.3 Å². The zero-order valence-corrected chi connectivity index (χ0v) is 13.5. The standard InChI is InChI=1S/C16H30N2O/c1-7-17-15(4,5)13(19)18-11-16(6)9-12(18)8-14(2,3)10-16/h12,17H,7-11H2,1-6H3. The van der Waals surface area contributed by atoms with E-state index >= 15 is 0 Å². The van der Waals surface area contributed by atoms with Crippen molar-refractivity contribution in [2.45, 2.75) is 72.4 Å². The second-order valence-corrected chi connectivity index (χ2v) is 8.30. The summed E-state index contributed by atoms with van der Waals surface area (Å²) in [5.74, 6) is 0.278. The number of carbonyl (C=O) groups excluding carboxylic acids is 1. The van der Waals surface area contributed by atoms with Crippen LogP contribution in [-0.4, -0.2) is 35.5 Å². The van der Waals surface area contributed by atoms with Gasteiger partial charge in [0, 0.05) is 12.6 Å². The molecule has 2 rings (SSSR count). The summed E-state index contributed by atoms with van der Waals surface area (Å²) in [4.78, 5) is 15.0. The van der Waals surface area contributed by atoms with Crippen molar-refractivity contribution in [1.82, 2.24) is 10.2 Å². The molecule has 0 radical (unpaired) electrons. The van der Waals surface area contributed by atoms with Gasteiger partial charge in [0.05, 0.1) is 5.54 Å². The fraction of sp³-hybridized carbons (Fsp3) is 0.938. The molecule has 2 unspecified atom stereocenters. The van der Waals surface area contributed by atoms with Crippen LogP contribution in [0.5, 0.6) is 0 Å². The van der Waals surface area contributed by atoms with E-state index in [0.29, 0.717) is 16.9 Å². The van der Waals surface area contributed by atoms with Gasteiger partial charge in [-0.2, -0.15) is 0 Å². The monoisotopic (exact) mass is 266 g/mol. The van der Waals surface area contributed by atoms with Gasteiger partial charge >= 0.3 is 0 Å². The molecule has 1 saturated carbocycles. The van der Waals surface area contributed by atoms with Gasteiger partial charge in [-0.1, -0.05) is 27.7 Å². The van der Waals surface area contributed by atoms with Crippen LogP contribution in [0.25, 0.3) is 0 Å². The van der Waals surface area contributed by atoms with Crippen molar-refractivity contribution in [3.63, 3.8) is 0 Å². The van der Waals surface area contributed by atoms with Gasteiger partial charge in [-0.3, -0.25) is 4.79 Å². The highest BCUT2D eigenvalue weighted by atomic mass is 16.2. The Balaban J connectivity index is 2.18. The number of hydrogen-bond donors (Lipinski definition) is 1. The van der Waals surface area contributed by atoms with Crippen molar-refractivity contribution in [2.75, 3.05) is 13.1 Å². The van der Waals surface area contributed by atoms with Crippen molar-refractivity contribution in [3.05, 3.63) is 0 Å². The first-order valence-corrected chi connectivity index (χ1v) is 7.65. The van der Waals surface area contributed by atoms with Gasteiger partial charge in [0.1, 0.15) is 0 Å². The van der Waals surface area contributed by atoms with E-state index in [9.17, 15) is 4.79 Å². The molecule has 2 fully saturated rings. The molecule has 1 aliphatic carbocycles. The molecule has 2 atom stereocenters. The highest BCUT2D eigenvalue weighted by molar-refractivity contribution is 5.86. The van der Waals surface area contributed by atoms with Gasteiger partial charge in [-0.15, -0.1) is 0 Å². The molecule has 110 valence electrons. The quantitative estimate of drug-likeness (QED) is 0.852. The maximum Gasteiger partial charge on any atom is 0.242 e. The van der Waals surface area contributed by atoms with Crippen LogP contribution in [0.2, 0.25) is 0 Å². The third-order valence-corrected chi connectivity index (χ3v) is 4.83. The molecule has 0 spiro atoms. The number of nitrogens with one attached hydrogen (secondary N) is 1. The van der Waals surface area contributed by atoms with Crippen LogP contribution in [0.1, 0.15) is 60.8 Å². The van der Waals surface area contributed by atoms with Gasteiger partial charge in [0.15, 0.2) is 0 Å².